The van der Waals surface area contributed by atoms with E-state index in [9.17, 15) is 13.2 Å². The second-order valence-electron chi connectivity index (χ2n) is 13.3. The van der Waals surface area contributed by atoms with Crippen LogP contribution >= 0.6 is 0 Å². The number of rotatable bonds is 10. The molecule has 2 saturated heterocycles. The van der Waals surface area contributed by atoms with Gasteiger partial charge in [0, 0.05) is 30.4 Å². The molecule has 2 aromatic carbocycles. The topological polar surface area (TPSA) is 140 Å². The van der Waals surface area contributed by atoms with Crippen molar-refractivity contribution in [1.82, 2.24) is 24.5 Å². The lowest BCUT2D eigenvalue weighted by molar-refractivity contribution is -0.0384. The average molecular weight is 681 g/mol. The molecule has 0 N–H and O–H groups in total. The van der Waals surface area contributed by atoms with Crippen molar-refractivity contribution in [1.29, 1.82) is 0 Å². The van der Waals surface area contributed by atoms with Crippen molar-refractivity contribution < 1.29 is 32.2 Å². The van der Waals surface area contributed by atoms with Gasteiger partial charge in [-0.05, 0) is 108 Å². The molecule has 6 rings (SSSR count). The summed E-state index contributed by atoms with van der Waals surface area (Å²) in [4.78, 5) is 20.2. The van der Waals surface area contributed by atoms with Gasteiger partial charge in [-0.3, -0.25) is 0 Å². The van der Waals surface area contributed by atoms with E-state index in [1.54, 1.807) is 10.9 Å². The number of hydrogen-bond acceptors (Lipinski definition) is 10. The van der Waals surface area contributed by atoms with E-state index < -0.39 is 21.5 Å². The van der Waals surface area contributed by atoms with E-state index in [-0.39, 0.29) is 30.8 Å². The van der Waals surface area contributed by atoms with Gasteiger partial charge in [0.25, 0.3) is 5.95 Å². The normalized spacial score (nSPS) is 18.9. The van der Waals surface area contributed by atoms with Crippen molar-refractivity contribution in [2.45, 2.75) is 83.8 Å². The van der Waals surface area contributed by atoms with E-state index in [4.69, 9.17) is 29.0 Å². The number of amides is 1. The van der Waals surface area contributed by atoms with Gasteiger partial charge in [0.2, 0.25) is 0 Å². The van der Waals surface area contributed by atoms with Crippen molar-refractivity contribution in [3.63, 3.8) is 0 Å². The molecule has 4 aromatic rings. The van der Waals surface area contributed by atoms with Crippen LogP contribution in [0.1, 0.15) is 78.2 Å². The molecule has 1 amide bonds. The van der Waals surface area contributed by atoms with Crippen LogP contribution in [0.3, 0.4) is 0 Å². The van der Waals surface area contributed by atoms with E-state index in [0.717, 1.165) is 55.0 Å². The Morgan fingerprint density at radius 2 is 1.67 bits per heavy atom. The summed E-state index contributed by atoms with van der Waals surface area (Å²) >= 11 is 0. The van der Waals surface area contributed by atoms with E-state index in [1.165, 1.54) is 11.2 Å². The van der Waals surface area contributed by atoms with Crippen LogP contribution in [0.2, 0.25) is 0 Å². The molecule has 2 aliphatic heterocycles. The van der Waals surface area contributed by atoms with Crippen molar-refractivity contribution in [2.75, 3.05) is 36.7 Å². The van der Waals surface area contributed by atoms with Gasteiger partial charge in [-0.2, -0.15) is 10.1 Å². The van der Waals surface area contributed by atoms with Crippen LogP contribution in [0.4, 0.5) is 16.4 Å². The zero-order chi connectivity index (χ0) is 33.9. The molecule has 2 fully saturated rings. The molecule has 48 heavy (non-hydrogen) atoms. The van der Waals surface area contributed by atoms with Gasteiger partial charge in [0.1, 0.15) is 21.2 Å². The van der Waals surface area contributed by atoms with Crippen molar-refractivity contribution >= 4 is 38.5 Å². The van der Waals surface area contributed by atoms with Crippen LogP contribution < -0.4 is 9.64 Å². The number of nitrogens with zero attached hydrogens (tertiary/aromatic N) is 6. The van der Waals surface area contributed by atoms with Gasteiger partial charge in [-0.1, -0.05) is 0 Å². The minimum atomic E-state index is -3.05. The summed E-state index contributed by atoms with van der Waals surface area (Å²) in [6.07, 6.45) is 8.00. The number of fused-ring (bicyclic) bond motifs is 1. The van der Waals surface area contributed by atoms with Gasteiger partial charge >= 0.3 is 6.09 Å². The first-order valence-electron chi connectivity index (χ1n) is 16.6. The number of carbonyl (C=O) groups is 1. The molecule has 14 heteroatoms. The number of aromatic nitrogens is 5. The molecule has 0 radical (unpaired) electrons. The Labute approximate surface area is 281 Å². The quantitative estimate of drug-likeness (QED) is 0.169. The first kappa shape index (κ1) is 33.9. The first-order valence-corrected chi connectivity index (χ1v) is 18.6. The second kappa shape index (κ2) is 14.2. The Morgan fingerprint density at radius 1 is 0.979 bits per heavy atom. The summed E-state index contributed by atoms with van der Waals surface area (Å²) in [5, 5.41) is 10.3. The number of ether oxygens (including phenoxy) is 4. The molecule has 0 aliphatic carbocycles. The smallest absolute Gasteiger partial charge is 0.421 e. The predicted molar refractivity (Wildman–Crippen MR) is 181 cm³/mol. The fraction of sp³-hybridized carbons (Fsp3) is 0.529. The lowest BCUT2D eigenvalue weighted by Crippen LogP contribution is -2.34. The predicted octanol–water partition coefficient (Wildman–Crippen LogP) is 6.58. The fourth-order valence-corrected chi connectivity index (χ4v) is 6.51. The third kappa shape index (κ3) is 8.16. The summed E-state index contributed by atoms with van der Waals surface area (Å²) in [6.45, 7) is 7.04. The van der Waals surface area contributed by atoms with Crippen LogP contribution in [0.15, 0.2) is 48.7 Å². The molecular weight excluding hydrogens is 636 g/mol. The molecule has 2 atom stereocenters. The standard InChI is InChI=1S/C34H44N6O7S/c1-34(2,3)47-33(41)38(26-14-17-28-25(22-26)23-35-39(28)29-10-5-7-18-45-29)32-36-31(40(37-32)30-11-6-8-19-46-30)24-12-15-27(16-13-24)44-20-9-21-48(4,42)43/h12-17,22-23,29-30H,5-11,18-21H2,1-4H3. The maximum absolute atomic E-state index is 13.9. The molecule has 2 aliphatic rings. The van der Waals surface area contributed by atoms with E-state index in [0.29, 0.717) is 36.9 Å². The lowest BCUT2D eigenvalue weighted by Gasteiger charge is -2.26. The highest BCUT2D eigenvalue weighted by atomic mass is 32.2. The Morgan fingerprint density at radius 3 is 2.29 bits per heavy atom. The summed E-state index contributed by atoms with van der Waals surface area (Å²) in [6, 6.07) is 13.0. The highest BCUT2D eigenvalue weighted by Crippen LogP contribution is 2.35. The average Bonchev–Trinajstić information content (AvgIpc) is 3.68. The Bertz CT molecular complexity index is 1820. The number of carbonyl (C=O) groups excluding carboxylic acids is 1. The molecule has 0 spiro atoms. The van der Waals surface area contributed by atoms with Gasteiger partial charge in [-0.25, -0.2) is 27.5 Å². The Balaban J connectivity index is 1.35. The number of benzene rings is 2. The molecule has 2 unspecified atom stereocenters. The third-order valence-corrected chi connectivity index (χ3v) is 9.16. The summed E-state index contributed by atoms with van der Waals surface area (Å²) in [7, 11) is -3.05. The van der Waals surface area contributed by atoms with Gasteiger partial charge < -0.3 is 18.9 Å². The largest absolute Gasteiger partial charge is 0.494 e. The zero-order valence-corrected chi connectivity index (χ0v) is 28.8. The van der Waals surface area contributed by atoms with Crippen molar-refractivity contribution in [2.24, 2.45) is 0 Å². The summed E-state index contributed by atoms with van der Waals surface area (Å²) < 4.78 is 50.3. The van der Waals surface area contributed by atoms with Crippen LogP contribution in [-0.2, 0) is 24.0 Å². The lowest BCUT2D eigenvalue weighted by atomic mass is 10.1. The van der Waals surface area contributed by atoms with Crippen LogP contribution in [0.25, 0.3) is 22.3 Å². The zero-order valence-electron chi connectivity index (χ0n) is 28.0. The minimum absolute atomic E-state index is 0.0662. The molecule has 13 nitrogen and oxygen atoms in total. The van der Waals surface area contributed by atoms with Crippen LogP contribution in [-0.4, -0.2) is 76.5 Å². The summed E-state index contributed by atoms with van der Waals surface area (Å²) in [5.74, 6) is 1.35. The summed E-state index contributed by atoms with van der Waals surface area (Å²) in [5.41, 5.74) is 1.42. The van der Waals surface area contributed by atoms with Crippen LogP contribution in [0, 0.1) is 0 Å². The highest BCUT2D eigenvalue weighted by molar-refractivity contribution is 7.90. The first-order chi connectivity index (χ1) is 22.9. The Kier molecular flexibility index (Phi) is 10.0. The van der Waals surface area contributed by atoms with E-state index >= 15 is 0 Å². The Hall–Kier alpha value is -4.01. The van der Waals surface area contributed by atoms with Crippen molar-refractivity contribution in [3.05, 3.63) is 48.7 Å². The maximum atomic E-state index is 13.9. The number of sulfone groups is 1. The molecule has 0 bridgehead atoms. The monoisotopic (exact) mass is 680 g/mol. The SMILES string of the molecule is CC(C)(C)OC(=O)N(c1ccc2c(cnn2C2CCCCO2)c1)c1nc(-c2ccc(OCCCS(C)(=O)=O)cc2)n(C2CCCCO2)n1. The van der Waals surface area contributed by atoms with Gasteiger partial charge in [0.15, 0.2) is 18.3 Å². The maximum Gasteiger partial charge on any atom is 0.421 e. The van der Waals surface area contributed by atoms with Crippen LogP contribution in [0.5, 0.6) is 5.75 Å². The number of anilines is 2. The molecule has 4 heterocycles. The van der Waals surface area contributed by atoms with E-state index in [2.05, 4.69) is 5.10 Å². The van der Waals surface area contributed by atoms with Gasteiger partial charge in [0.05, 0.1) is 29.8 Å². The highest BCUT2D eigenvalue weighted by Gasteiger charge is 2.32. The van der Waals surface area contributed by atoms with Crippen molar-refractivity contribution in [3.8, 4) is 17.1 Å². The van der Waals surface area contributed by atoms with Gasteiger partial charge in [-0.15, -0.1) is 5.10 Å². The second-order valence-corrected chi connectivity index (χ2v) is 15.6. The molecule has 2 aromatic heterocycles. The third-order valence-electron chi connectivity index (χ3n) is 8.13. The van der Waals surface area contributed by atoms with E-state index in [1.807, 2.05) is 67.9 Å². The minimum Gasteiger partial charge on any atom is -0.494 e. The molecule has 258 valence electrons. The molecular formula is C34H44N6O7S. The number of hydrogen-bond donors (Lipinski definition) is 0. The fourth-order valence-electron chi connectivity index (χ4n) is 5.87. The molecule has 0 saturated carbocycles.